The molecule has 1 aromatic rings. The van der Waals surface area contributed by atoms with E-state index in [0.29, 0.717) is 0 Å². The molecule has 0 aromatic heterocycles. The van der Waals surface area contributed by atoms with Gasteiger partial charge in [-0.1, -0.05) is 18.2 Å². The van der Waals surface area contributed by atoms with E-state index in [2.05, 4.69) is 29.9 Å². The van der Waals surface area contributed by atoms with Gasteiger partial charge < -0.3 is 0 Å². The number of benzene rings is 1. The molecule has 0 amide bonds. The summed E-state index contributed by atoms with van der Waals surface area (Å²) in [5, 5.41) is 1.55. The second-order valence-corrected chi connectivity index (χ2v) is 3.78. The second kappa shape index (κ2) is 2.50. The van der Waals surface area contributed by atoms with E-state index in [0.717, 1.165) is 9.13 Å². The predicted molar refractivity (Wildman–Crippen MR) is 46.2 cm³/mol. The largest absolute Gasteiger partial charge is 0.479 e. The smallest absolute Gasteiger partial charge is 0.0617 e. The Bertz CT molecular complexity index is 263. The zero-order valence-electron chi connectivity index (χ0n) is 5.80. The number of rotatable bonds is 0. The van der Waals surface area contributed by atoms with Crippen LogP contribution in [-0.2, 0) is 6.42 Å². The van der Waals surface area contributed by atoms with Crippen LogP contribution in [0.1, 0.15) is 12.0 Å². The molecule has 1 aliphatic heterocycles. The molecule has 0 atom stereocenters. The Kier molecular flexibility index (Phi) is 1.51. The van der Waals surface area contributed by atoms with Crippen molar-refractivity contribution in [3.05, 3.63) is 29.8 Å². The topological polar surface area (TPSA) is 0 Å². The minimum Gasteiger partial charge on any atom is -0.0617 e. The van der Waals surface area contributed by atoms with Gasteiger partial charge in [-0.05, 0) is 18.1 Å². The SMILES string of the molecule is C1=[Si+]c2ccccc2CC1. The highest BCUT2D eigenvalue weighted by Crippen LogP contribution is 2.00. The van der Waals surface area contributed by atoms with Crippen molar-refractivity contribution >= 4 is 20.0 Å². The lowest BCUT2D eigenvalue weighted by atomic mass is 10.1. The van der Waals surface area contributed by atoms with Crippen molar-refractivity contribution < 1.29 is 0 Å². The Morgan fingerprint density at radius 1 is 1.20 bits per heavy atom. The van der Waals surface area contributed by atoms with Crippen molar-refractivity contribution in [3.8, 4) is 0 Å². The highest BCUT2D eigenvalue weighted by atomic mass is 28.2. The standard InChI is InChI=1S/C9H9Si/c1-2-6-9-8(4-1)5-3-7-10-9/h1-2,4,6-7H,3,5H2/q+1. The molecular formula is C9H9Si+. The summed E-state index contributed by atoms with van der Waals surface area (Å²) >= 11 is 0. The summed E-state index contributed by atoms with van der Waals surface area (Å²) in [7, 11) is 0.948. The highest BCUT2D eigenvalue weighted by Gasteiger charge is 2.13. The van der Waals surface area contributed by atoms with Gasteiger partial charge in [-0.15, -0.1) is 0 Å². The molecule has 0 saturated heterocycles. The Morgan fingerprint density at radius 3 is 3.00 bits per heavy atom. The molecule has 1 heteroatoms. The van der Waals surface area contributed by atoms with Crippen LogP contribution in [0.2, 0.25) is 0 Å². The Labute approximate surface area is 63.3 Å². The number of hydrogen-bond donors (Lipinski definition) is 0. The minimum absolute atomic E-state index is 0.948. The molecule has 0 saturated carbocycles. The molecule has 48 valence electrons. The van der Waals surface area contributed by atoms with Gasteiger partial charge in [-0.3, -0.25) is 0 Å². The Balaban J connectivity index is 2.54. The van der Waals surface area contributed by atoms with E-state index in [-0.39, 0.29) is 0 Å². The summed E-state index contributed by atoms with van der Waals surface area (Å²) in [6, 6.07) is 8.75. The van der Waals surface area contributed by atoms with Gasteiger partial charge in [0.2, 0.25) is 0 Å². The molecular weight excluding hydrogens is 136 g/mol. The van der Waals surface area contributed by atoms with E-state index < -0.39 is 0 Å². The number of hydrogen-bond acceptors (Lipinski definition) is 0. The van der Waals surface area contributed by atoms with Crippen molar-refractivity contribution in [1.29, 1.82) is 0 Å². The summed E-state index contributed by atoms with van der Waals surface area (Å²) in [6.07, 6.45) is 2.53. The summed E-state index contributed by atoms with van der Waals surface area (Å²) < 4.78 is 0. The minimum atomic E-state index is 0.948. The molecule has 1 aliphatic rings. The first kappa shape index (κ1) is 6.05. The van der Waals surface area contributed by atoms with Crippen LogP contribution >= 0.6 is 0 Å². The molecule has 0 bridgehead atoms. The quantitative estimate of drug-likeness (QED) is 0.473. The maximum absolute atomic E-state index is 2.39. The van der Waals surface area contributed by atoms with Gasteiger partial charge in [-0.25, -0.2) is 0 Å². The van der Waals surface area contributed by atoms with Gasteiger partial charge in [0.15, 0.2) is 5.19 Å². The van der Waals surface area contributed by atoms with Gasteiger partial charge >= 0.3 is 9.13 Å². The lowest BCUT2D eigenvalue weighted by Crippen LogP contribution is -2.19. The van der Waals surface area contributed by atoms with Crippen LogP contribution in [-0.4, -0.2) is 14.8 Å². The molecule has 0 nitrogen and oxygen atoms in total. The van der Waals surface area contributed by atoms with E-state index in [9.17, 15) is 0 Å². The van der Waals surface area contributed by atoms with E-state index in [1.807, 2.05) is 0 Å². The Hall–Kier alpha value is -0.693. The third-order valence-corrected chi connectivity index (χ3v) is 3.12. The fourth-order valence-corrected chi connectivity index (χ4v) is 2.38. The van der Waals surface area contributed by atoms with Crippen molar-refractivity contribution in [2.45, 2.75) is 12.8 Å². The van der Waals surface area contributed by atoms with Crippen LogP contribution in [0.15, 0.2) is 24.3 Å². The van der Waals surface area contributed by atoms with E-state index >= 15 is 0 Å². The third kappa shape index (κ3) is 0.970. The molecule has 1 heterocycles. The fraction of sp³-hybridized carbons (Fsp3) is 0.222. The lowest BCUT2D eigenvalue weighted by Gasteiger charge is -1.98. The molecule has 1 aromatic carbocycles. The van der Waals surface area contributed by atoms with Gasteiger partial charge in [0.1, 0.15) is 0 Å². The van der Waals surface area contributed by atoms with E-state index in [4.69, 9.17) is 0 Å². The highest BCUT2D eigenvalue weighted by molar-refractivity contribution is 6.61. The van der Waals surface area contributed by atoms with E-state index in [1.54, 1.807) is 10.8 Å². The first-order valence-corrected chi connectivity index (χ1v) is 4.71. The van der Waals surface area contributed by atoms with Gasteiger partial charge in [-0.2, -0.15) is 0 Å². The average Bonchev–Trinajstić information content (AvgIpc) is 2.05. The number of fused-ring (bicyclic) bond motifs is 1. The zero-order chi connectivity index (χ0) is 6.81. The summed E-state index contributed by atoms with van der Waals surface area (Å²) in [6.45, 7) is 0. The van der Waals surface area contributed by atoms with Crippen LogP contribution < -0.4 is 5.19 Å². The van der Waals surface area contributed by atoms with Crippen LogP contribution in [0, 0.1) is 0 Å². The molecule has 0 fully saturated rings. The van der Waals surface area contributed by atoms with Gasteiger partial charge in [0, 0.05) is 6.42 Å². The maximum atomic E-state index is 2.39. The molecule has 0 aliphatic carbocycles. The maximum Gasteiger partial charge on any atom is 0.479 e. The molecule has 0 radical (unpaired) electrons. The van der Waals surface area contributed by atoms with Crippen LogP contribution in [0.3, 0.4) is 0 Å². The van der Waals surface area contributed by atoms with Crippen molar-refractivity contribution in [2.75, 3.05) is 0 Å². The van der Waals surface area contributed by atoms with Crippen LogP contribution in [0.25, 0.3) is 0 Å². The average molecular weight is 145 g/mol. The predicted octanol–water partition coefficient (Wildman–Crippen LogP) is 0.764. The van der Waals surface area contributed by atoms with Crippen LogP contribution in [0.5, 0.6) is 0 Å². The lowest BCUT2D eigenvalue weighted by molar-refractivity contribution is 1.07. The van der Waals surface area contributed by atoms with E-state index in [1.165, 1.54) is 12.8 Å². The zero-order valence-corrected chi connectivity index (χ0v) is 6.80. The van der Waals surface area contributed by atoms with Gasteiger partial charge in [0.25, 0.3) is 0 Å². The molecule has 0 unspecified atom stereocenters. The summed E-state index contributed by atoms with van der Waals surface area (Å²) in [5.41, 5.74) is 3.95. The molecule has 0 spiro atoms. The summed E-state index contributed by atoms with van der Waals surface area (Å²) in [4.78, 5) is 0. The normalized spacial score (nSPS) is 14.0. The first-order valence-electron chi connectivity index (χ1n) is 3.63. The number of aryl methyl sites for hydroxylation is 1. The monoisotopic (exact) mass is 145 g/mol. The Morgan fingerprint density at radius 2 is 2.10 bits per heavy atom. The third-order valence-electron chi connectivity index (χ3n) is 1.83. The van der Waals surface area contributed by atoms with Crippen molar-refractivity contribution in [2.24, 2.45) is 0 Å². The summed E-state index contributed by atoms with van der Waals surface area (Å²) in [5.74, 6) is 0. The van der Waals surface area contributed by atoms with Crippen molar-refractivity contribution in [1.82, 2.24) is 0 Å². The van der Waals surface area contributed by atoms with Crippen molar-refractivity contribution in [3.63, 3.8) is 0 Å². The van der Waals surface area contributed by atoms with Gasteiger partial charge in [0.05, 0.1) is 5.67 Å². The molecule has 2 rings (SSSR count). The fourth-order valence-electron chi connectivity index (χ4n) is 1.29. The first-order chi connectivity index (χ1) is 4.97. The van der Waals surface area contributed by atoms with Crippen LogP contribution in [0.4, 0.5) is 0 Å². The molecule has 0 N–H and O–H groups in total. The second-order valence-electron chi connectivity index (χ2n) is 2.54. The molecule has 10 heavy (non-hydrogen) atoms.